The first kappa shape index (κ1) is 13.5. The molecule has 4 nitrogen and oxygen atoms in total. The number of nitrogens with one attached hydrogen (secondary N) is 2. The van der Waals surface area contributed by atoms with Crippen LogP contribution >= 0.6 is 35.6 Å². The van der Waals surface area contributed by atoms with Crippen LogP contribution in [0.1, 0.15) is 5.69 Å². The van der Waals surface area contributed by atoms with Gasteiger partial charge in [-0.25, -0.2) is 0 Å². The molecule has 16 heavy (non-hydrogen) atoms. The Hall–Kier alpha value is -0.590. The Bertz CT molecular complexity index is 331. The molecule has 0 fully saturated rings. The molecule has 0 unspecified atom stereocenters. The number of aromatic nitrogens is 2. The lowest BCUT2D eigenvalue weighted by Crippen LogP contribution is -2.33. The maximum Gasteiger partial charge on any atom is 0.166 e. The molecule has 1 rings (SSSR count). The van der Waals surface area contributed by atoms with Gasteiger partial charge in [0.05, 0.1) is 5.69 Å². The van der Waals surface area contributed by atoms with Gasteiger partial charge in [0.2, 0.25) is 0 Å². The van der Waals surface area contributed by atoms with E-state index in [1.54, 1.807) is 24.9 Å². The minimum Gasteiger partial charge on any atom is -0.366 e. The van der Waals surface area contributed by atoms with Crippen LogP contribution in [-0.2, 0) is 5.75 Å². The zero-order valence-electron chi connectivity index (χ0n) is 8.86. The molecule has 1 heterocycles. The van der Waals surface area contributed by atoms with E-state index in [4.69, 9.17) is 23.8 Å². The number of hydrogen-bond donors (Lipinski definition) is 2. The predicted octanol–water partition coefficient (Wildman–Crippen LogP) is 1.46. The highest BCUT2D eigenvalue weighted by molar-refractivity contribution is 7.98. The molecule has 1 aromatic heterocycles. The first-order chi connectivity index (χ1) is 7.72. The van der Waals surface area contributed by atoms with Crippen LogP contribution in [0.3, 0.4) is 0 Å². The van der Waals surface area contributed by atoms with Gasteiger partial charge < -0.3 is 10.6 Å². The summed E-state index contributed by atoms with van der Waals surface area (Å²) in [5.41, 5.74) is 0.936. The molecule has 0 aliphatic carbocycles. The summed E-state index contributed by atoms with van der Waals surface area (Å²) in [5, 5.41) is 14.8. The van der Waals surface area contributed by atoms with E-state index in [-0.39, 0.29) is 0 Å². The Labute approximate surface area is 110 Å². The van der Waals surface area contributed by atoms with Gasteiger partial charge in [-0.05, 0) is 24.4 Å². The number of thioether (sulfide) groups is 1. The fourth-order valence-corrected chi connectivity index (χ4v) is 1.88. The van der Waals surface area contributed by atoms with Gasteiger partial charge in [-0.2, -0.15) is 16.9 Å². The fraction of sp³-hybridized carbons (Fsp3) is 0.444. The molecule has 7 heteroatoms. The number of halogens is 1. The average Bonchev–Trinajstić information content (AvgIpc) is 2.31. The molecule has 0 spiro atoms. The SMILES string of the molecule is CNC(=S)NCCSCc1ccc(Cl)nn1. The summed E-state index contributed by atoms with van der Waals surface area (Å²) < 4.78 is 0. The highest BCUT2D eigenvalue weighted by atomic mass is 35.5. The first-order valence-electron chi connectivity index (χ1n) is 4.74. The van der Waals surface area contributed by atoms with Gasteiger partial charge in [-0.3, -0.25) is 0 Å². The number of nitrogens with zero attached hydrogens (tertiary/aromatic N) is 2. The van der Waals surface area contributed by atoms with Crippen molar-refractivity contribution >= 4 is 40.7 Å². The lowest BCUT2D eigenvalue weighted by molar-refractivity contribution is 0.939. The Morgan fingerprint density at radius 1 is 1.50 bits per heavy atom. The van der Waals surface area contributed by atoms with E-state index in [0.29, 0.717) is 10.3 Å². The van der Waals surface area contributed by atoms with E-state index in [0.717, 1.165) is 23.7 Å². The summed E-state index contributed by atoms with van der Waals surface area (Å²) in [5.74, 6) is 1.80. The topological polar surface area (TPSA) is 49.8 Å². The number of rotatable bonds is 5. The molecule has 0 saturated heterocycles. The van der Waals surface area contributed by atoms with Crippen LogP contribution in [0.5, 0.6) is 0 Å². The van der Waals surface area contributed by atoms with Crippen LogP contribution < -0.4 is 10.6 Å². The normalized spacial score (nSPS) is 9.88. The Balaban J connectivity index is 2.11. The summed E-state index contributed by atoms with van der Waals surface area (Å²) in [4.78, 5) is 0. The van der Waals surface area contributed by atoms with Crippen molar-refractivity contribution in [3.63, 3.8) is 0 Å². The van der Waals surface area contributed by atoms with E-state index in [2.05, 4.69) is 20.8 Å². The van der Waals surface area contributed by atoms with E-state index in [9.17, 15) is 0 Å². The van der Waals surface area contributed by atoms with Gasteiger partial charge >= 0.3 is 0 Å². The van der Waals surface area contributed by atoms with E-state index < -0.39 is 0 Å². The Kier molecular flexibility index (Phi) is 6.44. The zero-order chi connectivity index (χ0) is 11.8. The van der Waals surface area contributed by atoms with Crippen LogP contribution in [0, 0.1) is 0 Å². The fourth-order valence-electron chi connectivity index (χ4n) is 0.922. The maximum absolute atomic E-state index is 5.63. The van der Waals surface area contributed by atoms with Crippen molar-refractivity contribution in [1.29, 1.82) is 0 Å². The van der Waals surface area contributed by atoms with E-state index in [1.807, 2.05) is 6.07 Å². The van der Waals surface area contributed by atoms with Crippen molar-refractivity contribution in [3.05, 3.63) is 23.0 Å². The Morgan fingerprint density at radius 3 is 2.94 bits per heavy atom. The van der Waals surface area contributed by atoms with Crippen LogP contribution in [-0.4, -0.2) is 34.7 Å². The smallest absolute Gasteiger partial charge is 0.166 e. The third-order valence-electron chi connectivity index (χ3n) is 1.70. The van der Waals surface area contributed by atoms with Crippen LogP contribution in [0.25, 0.3) is 0 Å². The van der Waals surface area contributed by atoms with Crippen molar-refractivity contribution in [2.75, 3.05) is 19.3 Å². The van der Waals surface area contributed by atoms with Gasteiger partial charge in [-0.1, -0.05) is 11.6 Å². The standard InChI is InChI=1S/C9H13ClN4S2/c1-11-9(15)12-4-5-16-6-7-2-3-8(10)14-13-7/h2-3H,4-6H2,1H3,(H2,11,12,15). The highest BCUT2D eigenvalue weighted by Crippen LogP contribution is 2.10. The van der Waals surface area contributed by atoms with Crippen LogP contribution in [0.4, 0.5) is 0 Å². The molecule has 0 atom stereocenters. The predicted molar refractivity (Wildman–Crippen MR) is 72.9 cm³/mol. The van der Waals surface area contributed by atoms with Gasteiger partial charge in [0.15, 0.2) is 10.3 Å². The summed E-state index contributed by atoms with van der Waals surface area (Å²) >= 11 is 12.3. The van der Waals surface area contributed by atoms with Gasteiger partial charge in [0.1, 0.15) is 0 Å². The second-order valence-corrected chi connectivity index (χ2v) is 4.81. The van der Waals surface area contributed by atoms with Crippen molar-refractivity contribution in [2.24, 2.45) is 0 Å². The molecular weight excluding hydrogens is 264 g/mol. The molecule has 0 aromatic carbocycles. The second-order valence-electron chi connectivity index (χ2n) is 2.91. The van der Waals surface area contributed by atoms with Crippen molar-refractivity contribution in [1.82, 2.24) is 20.8 Å². The lowest BCUT2D eigenvalue weighted by atomic mass is 10.4. The number of hydrogen-bond acceptors (Lipinski definition) is 4. The molecule has 0 saturated carbocycles. The largest absolute Gasteiger partial charge is 0.366 e. The van der Waals surface area contributed by atoms with E-state index >= 15 is 0 Å². The molecular formula is C9H13ClN4S2. The third-order valence-corrected chi connectivity index (χ3v) is 3.24. The summed E-state index contributed by atoms with van der Waals surface area (Å²) in [6.07, 6.45) is 0. The van der Waals surface area contributed by atoms with Crippen LogP contribution in [0.15, 0.2) is 12.1 Å². The minimum atomic E-state index is 0.426. The van der Waals surface area contributed by atoms with Crippen molar-refractivity contribution in [3.8, 4) is 0 Å². The van der Waals surface area contributed by atoms with Gasteiger partial charge in [0, 0.05) is 25.1 Å². The van der Waals surface area contributed by atoms with Gasteiger partial charge in [-0.15, -0.1) is 5.10 Å². The average molecular weight is 277 g/mol. The summed E-state index contributed by atoms with van der Waals surface area (Å²) in [6.45, 7) is 0.839. The minimum absolute atomic E-state index is 0.426. The quantitative estimate of drug-likeness (QED) is 0.627. The second kappa shape index (κ2) is 7.65. The maximum atomic E-state index is 5.63. The van der Waals surface area contributed by atoms with Crippen molar-refractivity contribution < 1.29 is 0 Å². The molecule has 88 valence electrons. The molecule has 0 radical (unpaired) electrons. The van der Waals surface area contributed by atoms with Gasteiger partial charge in [0.25, 0.3) is 0 Å². The molecule has 0 aliphatic heterocycles. The summed E-state index contributed by atoms with van der Waals surface area (Å²) in [6, 6.07) is 3.63. The molecule has 0 bridgehead atoms. The molecule has 1 aromatic rings. The first-order valence-corrected chi connectivity index (χ1v) is 6.68. The Morgan fingerprint density at radius 2 is 2.31 bits per heavy atom. The van der Waals surface area contributed by atoms with Crippen LogP contribution in [0.2, 0.25) is 5.15 Å². The third kappa shape index (κ3) is 5.48. The monoisotopic (exact) mass is 276 g/mol. The van der Waals surface area contributed by atoms with Crippen molar-refractivity contribution in [2.45, 2.75) is 5.75 Å². The molecule has 0 aliphatic rings. The summed E-state index contributed by atoms with van der Waals surface area (Å²) in [7, 11) is 1.80. The lowest BCUT2D eigenvalue weighted by Gasteiger charge is -2.06. The van der Waals surface area contributed by atoms with E-state index in [1.165, 1.54) is 0 Å². The highest BCUT2D eigenvalue weighted by Gasteiger charge is 1.97. The molecule has 0 amide bonds. The zero-order valence-corrected chi connectivity index (χ0v) is 11.3. The number of thiocarbonyl (C=S) groups is 1. The molecule has 2 N–H and O–H groups in total.